The van der Waals surface area contributed by atoms with Crippen molar-refractivity contribution in [1.82, 2.24) is 0 Å². The van der Waals surface area contributed by atoms with Gasteiger partial charge in [0.2, 0.25) is 0 Å². The van der Waals surface area contributed by atoms with Crippen molar-refractivity contribution < 1.29 is 19.8 Å². The molecule has 0 aliphatic rings. The summed E-state index contributed by atoms with van der Waals surface area (Å²) in [7, 11) is 0. The van der Waals surface area contributed by atoms with Crippen LogP contribution in [0.15, 0.2) is 24.3 Å². The second-order valence-electron chi connectivity index (χ2n) is 15.5. The summed E-state index contributed by atoms with van der Waals surface area (Å²) < 4.78 is 0. The molecule has 0 saturated carbocycles. The Morgan fingerprint density at radius 1 is 0.240 bits per heavy atom. The summed E-state index contributed by atoms with van der Waals surface area (Å²) in [6, 6.07) is 0. The van der Waals surface area contributed by atoms with Crippen LogP contribution in [0.5, 0.6) is 0 Å². The summed E-state index contributed by atoms with van der Waals surface area (Å²) >= 11 is 0. The highest BCUT2D eigenvalue weighted by Gasteiger charge is 1.98. The van der Waals surface area contributed by atoms with Gasteiger partial charge >= 0.3 is 11.9 Å². The molecule has 0 spiro atoms. The number of carboxylic acid groups (broad SMARTS) is 2. The molecule has 0 aliphatic heterocycles. The molecular weight excluding hydrogens is 617 g/mol. The Labute approximate surface area is 312 Å². The van der Waals surface area contributed by atoms with E-state index in [9.17, 15) is 9.59 Å². The summed E-state index contributed by atoms with van der Waals surface area (Å²) in [5.74, 6) is -1.66. The fraction of sp³-hybridized carbons (Fsp3) is 0.870. The zero-order valence-corrected chi connectivity index (χ0v) is 33.3. The fourth-order valence-electron chi connectivity index (χ4n) is 7.26. The maximum absolute atomic E-state index is 10.4. The third-order valence-electron chi connectivity index (χ3n) is 10.5. The van der Waals surface area contributed by atoms with Crippen molar-refractivity contribution in [1.29, 1.82) is 0 Å². The third-order valence-corrected chi connectivity index (χ3v) is 10.5. The van der Waals surface area contributed by atoms with Gasteiger partial charge in [-0.1, -0.05) is 243 Å². The van der Waals surface area contributed by atoms with Crippen LogP contribution >= 0.6 is 0 Å². The molecule has 0 atom stereocenters. The van der Waals surface area contributed by atoms with Crippen molar-refractivity contribution in [2.45, 2.75) is 257 Å². The van der Waals surface area contributed by atoms with Gasteiger partial charge in [-0.3, -0.25) is 0 Å². The van der Waals surface area contributed by atoms with Gasteiger partial charge in [-0.2, -0.15) is 0 Å². The first-order valence-corrected chi connectivity index (χ1v) is 22.4. The molecule has 0 aromatic rings. The SMILES string of the molecule is O=C(O)C=CCCCCCCCCCCCCCCCCCCCCCCCCCCCCCCCCCCCCCCCCC=CC(=O)O. The maximum atomic E-state index is 10.4. The fourth-order valence-corrected chi connectivity index (χ4v) is 7.26. The number of carboxylic acids is 2. The van der Waals surface area contributed by atoms with Crippen LogP contribution in [0, 0.1) is 0 Å². The first kappa shape index (κ1) is 48.4. The highest BCUT2D eigenvalue weighted by atomic mass is 16.4. The maximum Gasteiger partial charge on any atom is 0.327 e. The molecule has 0 radical (unpaired) electrons. The topological polar surface area (TPSA) is 74.6 Å². The largest absolute Gasteiger partial charge is 0.478 e. The van der Waals surface area contributed by atoms with Crippen molar-refractivity contribution >= 4 is 11.9 Å². The minimum absolute atomic E-state index is 0.832. The van der Waals surface area contributed by atoms with E-state index in [-0.39, 0.29) is 0 Å². The minimum atomic E-state index is -0.832. The molecule has 0 aliphatic carbocycles. The molecule has 0 amide bonds. The van der Waals surface area contributed by atoms with E-state index in [1.807, 2.05) is 0 Å². The monoisotopic (exact) mass is 703 g/mol. The molecule has 4 nitrogen and oxygen atoms in total. The first-order chi connectivity index (χ1) is 24.6. The molecule has 0 unspecified atom stereocenters. The van der Waals surface area contributed by atoms with Crippen molar-refractivity contribution in [3.05, 3.63) is 24.3 Å². The molecule has 0 heterocycles. The van der Waals surface area contributed by atoms with Crippen molar-refractivity contribution in [2.75, 3.05) is 0 Å². The zero-order chi connectivity index (χ0) is 36.3. The van der Waals surface area contributed by atoms with Crippen LogP contribution in [-0.4, -0.2) is 22.2 Å². The van der Waals surface area contributed by atoms with Crippen LogP contribution in [0.3, 0.4) is 0 Å². The zero-order valence-electron chi connectivity index (χ0n) is 33.3. The van der Waals surface area contributed by atoms with Gasteiger partial charge in [-0.15, -0.1) is 0 Å². The molecule has 0 aromatic carbocycles. The normalized spacial score (nSPS) is 11.8. The van der Waals surface area contributed by atoms with Crippen molar-refractivity contribution in [3.8, 4) is 0 Å². The van der Waals surface area contributed by atoms with Crippen LogP contribution in [0.4, 0.5) is 0 Å². The average molecular weight is 703 g/mol. The molecule has 50 heavy (non-hydrogen) atoms. The van der Waals surface area contributed by atoms with E-state index in [1.165, 1.54) is 243 Å². The van der Waals surface area contributed by atoms with E-state index in [0.29, 0.717) is 0 Å². The van der Waals surface area contributed by atoms with Crippen LogP contribution in [0.2, 0.25) is 0 Å². The van der Waals surface area contributed by atoms with Crippen molar-refractivity contribution in [2.24, 2.45) is 0 Å². The third kappa shape index (κ3) is 46.4. The van der Waals surface area contributed by atoms with Gasteiger partial charge in [0, 0.05) is 12.2 Å². The molecule has 4 heteroatoms. The van der Waals surface area contributed by atoms with Gasteiger partial charge in [0.15, 0.2) is 0 Å². The molecule has 0 fully saturated rings. The van der Waals surface area contributed by atoms with E-state index in [1.54, 1.807) is 12.2 Å². The van der Waals surface area contributed by atoms with Crippen LogP contribution in [-0.2, 0) is 9.59 Å². The van der Waals surface area contributed by atoms with Gasteiger partial charge in [0.25, 0.3) is 0 Å². The number of hydrogen-bond donors (Lipinski definition) is 2. The highest BCUT2D eigenvalue weighted by molar-refractivity contribution is 5.79. The molecule has 0 saturated heterocycles. The summed E-state index contributed by atoms with van der Waals surface area (Å²) in [5.41, 5.74) is 0. The van der Waals surface area contributed by atoms with Crippen LogP contribution in [0.1, 0.15) is 257 Å². The smallest absolute Gasteiger partial charge is 0.327 e. The van der Waals surface area contributed by atoms with Crippen LogP contribution in [0.25, 0.3) is 0 Å². The molecule has 0 rings (SSSR count). The Bertz CT molecular complexity index is 680. The number of rotatable bonds is 43. The number of aliphatic carboxylic acids is 2. The Hall–Kier alpha value is -1.58. The molecular formula is C46H86O4. The molecule has 0 bridgehead atoms. The number of hydrogen-bond acceptors (Lipinski definition) is 2. The summed E-state index contributed by atoms with van der Waals surface area (Å²) in [6.07, 6.45) is 61.0. The molecule has 294 valence electrons. The molecule has 2 N–H and O–H groups in total. The van der Waals surface area contributed by atoms with E-state index in [4.69, 9.17) is 10.2 Å². The highest BCUT2D eigenvalue weighted by Crippen LogP contribution is 2.18. The summed E-state index contributed by atoms with van der Waals surface area (Å²) in [6.45, 7) is 0. The van der Waals surface area contributed by atoms with Gasteiger partial charge in [-0.25, -0.2) is 9.59 Å². The van der Waals surface area contributed by atoms with Gasteiger partial charge < -0.3 is 10.2 Å². The van der Waals surface area contributed by atoms with Crippen LogP contribution < -0.4 is 0 Å². The lowest BCUT2D eigenvalue weighted by molar-refractivity contribution is -0.132. The lowest BCUT2D eigenvalue weighted by atomic mass is 10.0. The van der Waals surface area contributed by atoms with E-state index >= 15 is 0 Å². The quantitative estimate of drug-likeness (QED) is 0.0490. The van der Waals surface area contributed by atoms with Gasteiger partial charge in [-0.05, 0) is 25.7 Å². The van der Waals surface area contributed by atoms with E-state index in [2.05, 4.69) is 0 Å². The standard InChI is InChI=1S/C46H86O4/c47-45(48)43-41-39-37-35-33-31-29-27-25-23-21-19-17-15-13-11-9-7-5-3-1-2-4-6-8-10-12-14-16-18-20-22-24-26-28-30-32-34-36-38-40-42-44-46(49)50/h41-44H,1-40H2,(H,47,48)(H,49,50). The lowest BCUT2D eigenvalue weighted by Crippen LogP contribution is -1.86. The first-order valence-electron chi connectivity index (χ1n) is 22.4. The Morgan fingerprint density at radius 3 is 0.480 bits per heavy atom. The predicted octanol–water partition coefficient (Wildman–Crippen LogP) is 15.9. The lowest BCUT2D eigenvalue weighted by Gasteiger charge is -2.05. The number of unbranched alkanes of at least 4 members (excludes halogenated alkanes) is 39. The predicted molar refractivity (Wildman–Crippen MR) is 218 cm³/mol. The Balaban J connectivity index is 3.08. The average Bonchev–Trinajstić information content (AvgIpc) is 3.10. The molecule has 0 aromatic heterocycles. The summed E-state index contributed by atoms with van der Waals surface area (Å²) in [5, 5.41) is 17.1. The van der Waals surface area contributed by atoms with E-state index in [0.717, 1.165) is 25.7 Å². The minimum Gasteiger partial charge on any atom is -0.478 e. The number of carbonyl (C=O) groups is 2. The Morgan fingerprint density at radius 2 is 0.360 bits per heavy atom. The van der Waals surface area contributed by atoms with Gasteiger partial charge in [0.05, 0.1) is 0 Å². The summed E-state index contributed by atoms with van der Waals surface area (Å²) in [4.78, 5) is 20.8. The van der Waals surface area contributed by atoms with Gasteiger partial charge in [0.1, 0.15) is 0 Å². The number of allylic oxidation sites excluding steroid dienone is 2. The second-order valence-corrected chi connectivity index (χ2v) is 15.5. The van der Waals surface area contributed by atoms with E-state index < -0.39 is 11.9 Å². The second kappa shape index (κ2) is 43.6. The Kier molecular flexibility index (Phi) is 42.2. The van der Waals surface area contributed by atoms with Crippen molar-refractivity contribution in [3.63, 3.8) is 0 Å².